The van der Waals surface area contributed by atoms with Gasteiger partial charge in [0.1, 0.15) is 5.82 Å². The second kappa shape index (κ2) is 12.7. The molecule has 2 heterocycles. The van der Waals surface area contributed by atoms with Crippen molar-refractivity contribution in [1.82, 2.24) is 24.5 Å². The zero-order valence-corrected chi connectivity index (χ0v) is 20.6. The van der Waals surface area contributed by atoms with Gasteiger partial charge < -0.3 is 20.0 Å². The Hall–Kier alpha value is -0.680. The summed E-state index contributed by atoms with van der Waals surface area (Å²) in [5, 5.41) is 4.58. The van der Waals surface area contributed by atoms with Gasteiger partial charge in [-0.2, -0.15) is 4.37 Å². The number of halogens is 1. The summed E-state index contributed by atoms with van der Waals surface area (Å²) in [6.45, 7) is 12.6. The third-order valence-corrected chi connectivity index (χ3v) is 5.75. The van der Waals surface area contributed by atoms with Gasteiger partial charge in [-0.15, -0.1) is 24.0 Å². The number of rotatable bonds is 8. The number of piperazine rings is 1. The number of aromatic nitrogens is 2. The van der Waals surface area contributed by atoms with Gasteiger partial charge in [0.15, 0.2) is 5.96 Å². The van der Waals surface area contributed by atoms with Crippen LogP contribution in [0.4, 0.5) is 5.13 Å². The average Bonchev–Trinajstić information content (AvgIpc) is 3.14. The van der Waals surface area contributed by atoms with Crippen LogP contribution in [-0.2, 0) is 6.42 Å². The topological polar surface area (TPSA) is 59.9 Å². The first-order chi connectivity index (χ1) is 12.5. The van der Waals surface area contributed by atoms with E-state index in [9.17, 15) is 0 Å². The number of guanidine groups is 1. The maximum Gasteiger partial charge on any atom is 0.205 e. The van der Waals surface area contributed by atoms with Gasteiger partial charge in [-0.05, 0) is 40.3 Å². The Balaban J connectivity index is 0.00000364. The van der Waals surface area contributed by atoms with Crippen LogP contribution in [0.5, 0.6) is 0 Å². The molecule has 1 aromatic heterocycles. The molecule has 0 aromatic carbocycles. The molecule has 27 heavy (non-hydrogen) atoms. The van der Waals surface area contributed by atoms with Crippen LogP contribution in [0.1, 0.15) is 39.4 Å². The number of nitrogens with zero attached hydrogens (tertiary/aromatic N) is 6. The monoisotopic (exact) mass is 509 g/mol. The van der Waals surface area contributed by atoms with Crippen molar-refractivity contribution < 1.29 is 0 Å². The Kier molecular flexibility index (Phi) is 11.5. The smallest absolute Gasteiger partial charge is 0.205 e. The van der Waals surface area contributed by atoms with Crippen LogP contribution < -0.4 is 10.2 Å². The van der Waals surface area contributed by atoms with E-state index in [2.05, 4.69) is 62.2 Å². The van der Waals surface area contributed by atoms with Gasteiger partial charge in [0.05, 0.1) is 0 Å². The lowest BCUT2D eigenvalue weighted by Crippen LogP contribution is -2.52. The zero-order valence-electron chi connectivity index (χ0n) is 17.4. The van der Waals surface area contributed by atoms with Crippen LogP contribution in [0.3, 0.4) is 0 Å². The van der Waals surface area contributed by atoms with Crippen molar-refractivity contribution in [2.24, 2.45) is 4.99 Å². The lowest BCUT2D eigenvalue weighted by atomic mass is 10.2. The van der Waals surface area contributed by atoms with E-state index in [0.29, 0.717) is 6.04 Å². The Morgan fingerprint density at radius 2 is 1.96 bits per heavy atom. The number of anilines is 1. The molecule has 0 unspecified atom stereocenters. The van der Waals surface area contributed by atoms with E-state index < -0.39 is 0 Å². The van der Waals surface area contributed by atoms with Gasteiger partial charge >= 0.3 is 0 Å². The molecule has 1 aromatic rings. The highest BCUT2D eigenvalue weighted by Gasteiger charge is 2.21. The fraction of sp³-hybridized carbons (Fsp3) is 0.833. The van der Waals surface area contributed by atoms with Crippen molar-refractivity contribution in [2.75, 3.05) is 58.3 Å². The molecule has 0 radical (unpaired) electrons. The van der Waals surface area contributed by atoms with Crippen LogP contribution in [0.2, 0.25) is 0 Å². The molecule has 0 saturated carbocycles. The summed E-state index contributed by atoms with van der Waals surface area (Å²) >= 11 is 1.52. The molecule has 1 saturated heterocycles. The Morgan fingerprint density at radius 1 is 1.26 bits per heavy atom. The minimum atomic E-state index is 0. The molecule has 156 valence electrons. The van der Waals surface area contributed by atoms with Gasteiger partial charge in [-0.1, -0.05) is 6.92 Å². The molecule has 1 fully saturated rings. The fourth-order valence-corrected chi connectivity index (χ4v) is 3.70. The lowest BCUT2D eigenvalue weighted by molar-refractivity contribution is 0.268. The van der Waals surface area contributed by atoms with E-state index in [1.54, 1.807) is 0 Å². The van der Waals surface area contributed by atoms with Gasteiger partial charge in [0, 0.05) is 63.8 Å². The summed E-state index contributed by atoms with van der Waals surface area (Å²) in [6.07, 6.45) is 3.28. The quantitative estimate of drug-likeness (QED) is 0.252. The molecule has 1 aliphatic heterocycles. The van der Waals surface area contributed by atoms with E-state index >= 15 is 0 Å². The number of hydrogen-bond acceptors (Lipinski definition) is 6. The van der Waals surface area contributed by atoms with Gasteiger partial charge in [-0.25, -0.2) is 4.98 Å². The molecule has 0 amide bonds. The predicted octanol–water partition coefficient (Wildman–Crippen LogP) is 2.54. The predicted molar refractivity (Wildman–Crippen MR) is 127 cm³/mol. The summed E-state index contributed by atoms with van der Waals surface area (Å²) in [6, 6.07) is 0.619. The molecule has 7 nitrogen and oxygen atoms in total. The Morgan fingerprint density at radius 3 is 2.52 bits per heavy atom. The first-order valence-corrected chi connectivity index (χ1v) is 10.6. The first-order valence-electron chi connectivity index (χ1n) is 9.78. The van der Waals surface area contributed by atoms with Crippen LogP contribution in [0.15, 0.2) is 4.99 Å². The molecule has 9 heteroatoms. The molecule has 0 bridgehead atoms. The lowest BCUT2D eigenvalue weighted by Gasteiger charge is -2.36. The maximum absolute atomic E-state index is 4.60. The molecule has 1 aliphatic rings. The molecule has 0 atom stereocenters. The highest BCUT2D eigenvalue weighted by atomic mass is 127. The first kappa shape index (κ1) is 24.4. The molecule has 0 aliphatic carbocycles. The summed E-state index contributed by atoms with van der Waals surface area (Å²) in [5.74, 6) is 1.97. The molecular formula is C18H36IN7S. The van der Waals surface area contributed by atoms with Crippen LogP contribution in [0.25, 0.3) is 0 Å². The highest BCUT2D eigenvalue weighted by Crippen LogP contribution is 2.19. The second-order valence-electron chi connectivity index (χ2n) is 7.08. The van der Waals surface area contributed by atoms with Crippen LogP contribution in [-0.4, -0.2) is 84.5 Å². The summed E-state index contributed by atoms with van der Waals surface area (Å²) < 4.78 is 4.40. The number of hydrogen-bond donors (Lipinski definition) is 1. The zero-order chi connectivity index (χ0) is 18.9. The number of unbranched alkanes of at least 4 members (excludes halogenated alkanes) is 1. The van der Waals surface area contributed by atoms with Crippen molar-refractivity contribution >= 4 is 46.6 Å². The second-order valence-corrected chi connectivity index (χ2v) is 7.81. The molecule has 2 rings (SSSR count). The van der Waals surface area contributed by atoms with Gasteiger partial charge in [-0.3, -0.25) is 4.99 Å². The van der Waals surface area contributed by atoms with Gasteiger partial charge in [0.2, 0.25) is 5.13 Å². The van der Waals surface area contributed by atoms with Gasteiger partial charge in [0.25, 0.3) is 0 Å². The van der Waals surface area contributed by atoms with E-state index in [1.165, 1.54) is 24.4 Å². The minimum Gasteiger partial charge on any atom is -0.356 e. The largest absolute Gasteiger partial charge is 0.356 e. The van der Waals surface area contributed by atoms with Crippen molar-refractivity contribution in [2.45, 2.75) is 46.1 Å². The van der Waals surface area contributed by atoms with Crippen molar-refractivity contribution in [3.8, 4) is 0 Å². The van der Waals surface area contributed by atoms with Crippen LogP contribution in [0, 0.1) is 0 Å². The van der Waals surface area contributed by atoms with E-state index in [-0.39, 0.29) is 24.0 Å². The van der Waals surface area contributed by atoms with E-state index in [0.717, 1.165) is 62.6 Å². The third-order valence-electron chi connectivity index (χ3n) is 4.94. The minimum absolute atomic E-state index is 0. The summed E-state index contributed by atoms with van der Waals surface area (Å²) in [7, 11) is 4.07. The summed E-state index contributed by atoms with van der Waals surface area (Å²) in [5.41, 5.74) is 0. The number of aliphatic imine (C=N–C) groups is 1. The number of nitrogens with one attached hydrogen (secondary N) is 1. The van der Waals surface area contributed by atoms with E-state index in [4.69, 9.17) is 0 Å². The fourth-order valence-electron chi connectivity index (χ4n) is 2.90. The molecular weight excluding hydrogens is 473 g/mol. The average molecular weight is 510 g/mol. The molecule has 0 spiro atoms. The third kappa shape index (κ3) is 7.69. The van der Waals surface area contributed by atoms with Crippen molar-refractivity contribution in [3.63, 3.8) is 0 Å². The SMILES string of the molecule is CCc1nsc(N2CCN(C(=NC)NCCCCN(C)C(C)C)CC2)n1.I. The summed E-state index contributed by atoms with van der Waals surface area (Å²) in [4.78, 5) is 16.1. The molecule has 1 N–H and O–H groups in total. The Bertz CT molecular complexity index is 556. The van der Waals surface area contributed by atoms with Crippen molar-refractivity contribution in [3.05, 3.63) is 5.82 Å². The van der Waals surface area contributed by atoms with E-state index in [1.807, 2.05) is 7.05 Å². The maximum atomic E-state index is 4.60. The normalized spacial score (nSPS) is 15.4. The Labute approximate surface area is 185 Å². The van der Waals surface area contributed by atoms with Crippen LogP contribution >= 0.6 is 35.5 Å². The number of aryl methyl sites for hydroxylation is 1. The van der Waals surface area contributed by atoms with Crippen molar-refractivity contribution in [1.29, 1.82) is 0 Å². The standard InChI is InChI=1S/C18H35N7S.HI/c1-6-16-21-18(26-22-16)25-13-11-24(12-14-25)17(19-4)20-9-7-8-10-23(5)15(2)3;/h15H,6-14H2,1-5H3,(H,19,20);1H. The highest BCUT2D eigenvalue weighted by molar-refractivity contribution is 14.0.